The van der Waals surface area contributed by atoms with Crippen LogP contribution in [0.25, 0.3) is 5.57 Å². The molecule has 3 atom stereocenters. The van der Waals surface area contributed by atoms with E-state index in [9.17, 15) is 22.8 Å². The lowest BCUT2D eigenvalue weighted by Gasteiger charge is -2.37. The summed E-state index contributed by atoms with van der Waals surface area (Å²) in [6.07, 6.45) is -1.86. The zero-order valence-corrected chi connectivity index (χ0v) is 21.4. The van der Waals surface area contributed by atoms with E-state index in [0.717, 1.165) is 12.8 Å². The Bertz CT molecular complexity index is 1180. The Hall–Kier alpha value is -3.01. The summed E-state index contributed by atoms with van der Waals surface area (Å²) in [5, 5.41) is 7.21. The van der Waals surface area contributed by atoms with E-state index in [4.69, 9.17) is 16.1 Å². The van der Waals surface area contributed by atoms with E-state index in [-0.39, 0.29) is 47.9 Å². The van der Waals surface area contributed by atoms with E-state index in [1.54, 1.807) is 30.0 Å². The van der Waals surface area contributed by atoms with Gasteiger partial charge in [-0.25, -0.2) is 0 Å². The first-order valence-electron chi connectivity index (χ1n) is 12.3. The number of amides is 2. The summed E-state index contributed by atoms with van der Waals surface area (Å²) >= 11 is 6.60. The highest BCUT2D eigenvalue weighted by Crippen LogP contribution is 2.43. The maximum absolute atomic E-state index is 13.3. The molecule has 0 spiro atoms. The van der Waals surface area contributed by atoms with E-state index in [1.165, 1.54) is 12.1 Å². The number of aromatic nitrogens is 1. The normalized spacial score (nSPS) is 22.6. The number of piperidine rings is 1. The molecule has 2 aliphatic rings. The zero-order chi connectivity index (χ0) is 26.7. The number of nitrogens with one attached hydrogen (secondary N) is 1. The largest absolute Gasteiger partial charge is 0.573 e. The second-order valence-corrected chi connectivity index (χ2v) is 10.1. The van der Waals surface area contributed by atoms with Crippen molar-refractivity contribution < 1.29 is 32.0 Å². The molecule has 3 unspecified atom stereocenters. The van der Waals surface area contributed by atoms with Crippen LogP contribution in [-0.2, 0) is 16.0 Å². The number of nitrogens with zero attached hydrogens (tertiary/aromatic N) is 2. The average molecular weight is 540 g/mol. The van der Waals surface area contributed by atoms with Gasteiger partial charge in [-0.15, -0.1) is 13.2 Å². The quantitative estimate of drug-likeness (QED) is 0.533. The Kier molecular flexibility index (Phi) is 8.16. The minimum Gasteiger partial charge on any atom is -0.405 e. The fraction of sp³-hybridized carbons (Fsp3) is 0.500. The van der Waals surface area contributed by atoms with Crippen molar-refractivity contribution in [3.8, 4) is 5.75 Å². The maximum atomic E-state index is 13.3. The topological polar surface area (TPSA) is 84.7 Å². The predicted molar refractivity (Wildman–Crippen MR) is 131 cm³/mol. The van der Waals surface area contributed by atoms with Crippen LogP contribution in [0.2, 0.25) is 0 Å². The van der Waals surface area contributed by atoms with E-state index < -0.39 is 12.4 Å². The highest BCUT2D eigenvalue weighted by molar-refractivity contribution is 6.33. The number of halogens is 4. The van der Waals surface area contributed by atoms with Crippen LogP contribution in [0.4, 0.5) is 13.2 Å². The summed E-state index contributed by atoms with van der Waals surface area (Å²) in [4.78, 5) is 27.8. The van der Waals surface area contributed by atoms with Gasteiger partial charge in [0.2, 0.25) is 11.8 Å². The number of carbonyl (C=O) groups is 2. The lowest BCUT2D eigenvalue weighted by Crippen LogP contribution is -2.54. The smallest absolute Gasteiger partial charge is 0.405 e. The van der Waals surface area contributed by atoms with Crippen molar-refractivity contribution in [1.82, 2.24) is 15.4 Å². The Balaban J connectivity index is 1.45. The van der Waals surface area contributed by atoms with Crippen molar-refractivity contribution in [3.05, 3.63) is 52.4 Å². The fourth-order valence-corrected chi connectivity index (χ4v) is 5.67. The third kappa shape index (κ3) is 6.66. The third-order valence-electron chi connectivity index (χ3n) is 6.73. The second-order valence-electron chi connectivity index (χ2n) is 9.62. The molecule has 1 aromatic heterocycles. The minimum absolute atomic E-state index is 0.0302. The number of para-hydroxylation sites is 1. The molecule has 1 saturated heterocycles. The number of aryl methyl sites for hydroxylation is 1. The second kappa shape index (κ2) is 11.2. The Morgan fingerprint density at radius 1 is 1.27 bits per heavy atom. The third-order valence-corrected chi connectivity index (χ3v) is 7.08. The van der Waals surface area contributed by atoms with Gasteiger partial charge in [-0.3, -0.25) is 9.59 Å². The molecular formula is C26H29ClF3N3O4. The molecule has 1 fully saturated rings. The van der Waals surface area contributed by atoms with Crippen molar-refractivity contribution >= 4 is 29.0 Å². The van der Waals surface area contributed by atoms with E-state index in [2.05, 4.69) is 15.2 Å². The number of ether oxygens (including phenoxy) is 1. The van der Waals surface area contributed by atoms with Crippen LogP contribution < -0.4 is 10.1 Å². The van der Waals surface area contributed by atoms with Gasteiger partial charge in [-0.05, 0) is 50.2 Å². The number of allylic oxidation sites excluding steroid dienone is 1. The van der Waals surface area contributed by atoms with E-state index in [0.29, 0.717) is 41.4 Å². The minimum atomic E-state index is -4.83. The number of hydrogen-bond acceptors (Lipinski definition) is 5. The molecule has 1 aliphatic heterocycles. The van der Waals surface area contributed by atoms with Crippen molar-refractivity contribution in [3.63, 3.8) is 0 Å². The van der Waals surface area contributed by atoms with Gasteiger partial charge in [-0.2, -0.15) is 0 Å². The molecule has 200 valence electrons. The molecule has 1 N–H and O–H groups in total. The van der Waals surface area contributed by atoms with E-state index in [1.807, 2.05) is 6.92 Å². The monoisotopic (exact) mass is 539 g/mol. The number of hydrogen-bond donors (Lipinski definition) is 1. The van der Waals surface area contributed by atoms with Crippen LogP contribution in [0.15, 0.2) is 39.9 Å². The molecule has 2 aromatic rings. The lowest BCUT2D eigenvalue weighted by molar-refractivity contribution is -0.274. The van der Waals surface area contributed by atoms with Gasteiger partial charge < -0.3 is 19.5 Å². The molecule has 0 bridgehead atoms. The van der Waals surface area contributed by atoms with Crippen molar-refractivity contribution in [2.24, 2.45) is 5.92 Å². The summed E-state index contributed by atoms with van der Waals surface area (Å²) in [6.45, 7) is 4.11. The number of rotatable bonds is 6. The molecule has 2 amide bonds. The summed E-state index contributed by atoms with van der Waals surface area (Å²) < 4.78 is 48.1. The first kappa shape index (κ1) is 27.0. The van der Waals surface area contributed by atoms with Crippen LogP contribution in [0, 0.1) is 12.8 Å². The molecule has 1 aromatic carbocycles. The lowest BCUT2D eigenvalue weighted by atomic mass is 9.82. The standard InChI is InChI=1S/C26H29ClF3N3O4/c1-15-11-17(13-20(27)24(15)19-7-3-4-9-22(19)36-26(28,29)30)31-25(35)21-8-5-6-10-33(21)23(34)14-18-12-16(2)32-37-18/h3-4,7,9,12,15,17,21H,5-6,8,10-11,13-14H2,1-2H3,(H,31,35). The maximum Gasteiger partial charge on any atom is 0.573 e. The summed E-state index contributed by atoms with van der Waals surface area (Å²) in [6, 6.07) is 6.69. The van der Waals surface area contributed by atoms with Gasteiger partial charge in [0.05, 0.1) is 12.1 Å². The van der Waals surface area contributed by atoms with Gasteiger partial charge >= 0.3 is 6.36 Å². The van der Waals surface area contributed by atoms with Gasteiger partial charge in [-0.1, -0.05) is 41.9 Å². The van der Waals surface area contributed by atoms with Crippen LogP contribution in [0.3, 0.4) is 0 Å². The molecule has 7 nitrogen and oxygen atoms in total. The molecule has 0 saturated carbocycles. The Morgan fingerprint density at radius 3 is 2.70 bits per heavy atom. The van der Waals surface area contributed by atoms with Crippen molar-refractivity contribution in [1.29, 1.82) is 0 Å². The molecule has 2 heterocycles. The van der Waals surface area contributed by atoms with Crippen LogP contribution in [0.1, 0.15) is 56.0 Å². The van der Waals surface area contributed by atoms with Gasteiger partial charge in [0.15, 0.2) is 0 Å². The number of carbonyl (C=O) groups excluding carboxylic acids is 2. The molecule has 0 radical (unpaired) electrons. The van der Waals surface area contributed by atoms with Gasteiger partial charge in [0.25, 0.3) is 0 Å². The molecular weight excluding hydrogens is 511 g/mol. The van der Waals surface area contributed by atoms with Crippen LogP contribution in [-0.4, -0.2) is 46.9 Å². The first-order chi connectivity index (χ1) is 17.5. The highest BCUT2D eigenvalue weighted by atomic mass is 35.5. The predicted octanol–water partition coefficient (Wildman–Crippen LogP) is 5.37. The Morgan fingerprint density at radius 2 is 2.03 bits per heavy atom. The van der Waals surface area contributed by atoms with Crippen LogP contribution in [0.5, 0.6) is 5.75 Å². The summed E-state index contributed by atoms with van der Waals surface area (Å²) in [7, 11) is 0. The van der Waals surface area contributed by atoms with Crippen LogP contribution >= 0.6 is 11.6 Å². The average Bonchev–Trinajstić information content (AvgIpc) is 3.23. The molecule has 37 heavy (non-hydrogen) atoms. The van der Waals surface area contributed by atoms with Crippen molar-refractivity contribution in [2.75, 3.05) is 6.54 Å². The number of benzene rings is 1. The summed E-state index contributed by atoms with van der Waals surface area (Å²) in [5.41, 5.74) is 1.54. The van der Waals surface area contributed by atoms with E-state index >= 15 is 0 Å². The zero-order valence-electron chi connectivity index (χ0n) is 20.6. The van der Waals surface area contributed by atoms with Gasteiger partial charge in [0.1, 0.15) is 17.6 Å². The first-order valence-corrected chi connectivity index (χ1v) is 12.7. The van der Waals surface area contributed by atoms with Crippen molar-refractivity contribution in [2.45, 2.75) is 70.8 Å². The molecule has 11 heteroatoms. The fourth-order valence-electron chi connectivity index (χ4n) is 5.20. The summed E-state index contributed by atoms with van der Waals surface area (Å²) in [5.74, 6) is -0.547. The molecule has 4 rings (SSSR count). The number of alkyl halides is 3. The number of likely N-dealkylation sites (tertiary alicyclic amines) is 1. The highest BCUT2D eigenvalue weighted by Gasteiger charge is 2.37. The SMILES string of the molecule is Cc1cc(CC(=O)N2CCCCC2C(=O)NC2CC(Cl)=C(c3ccccc3OC(F)(F)F)C(C)C2)on1. The molecule has 1 aliphatic carbocycles. The Labute approximate surface area is 218 Å². The van der Waals surface area contributed by atoms with Gasteiger partial charge in [0, 0.05) is 35.7 Å².